The van der Waals surface area contributed by atoms with E-state index in [-0.39, 0.29) is 5.56 Å². The van der Waals surface area contributed by atoms with Crippen LogP contribution in [0.1, 0.15) is 10.4 Å². The Labute approximate surface area is 127 Å². The summed E-state index contributed by atoms with van der Waals surface area (Å²) in [6.45, 7) is 0. The van der Waals surface area contributed by atoms with Crippen molar-refractivity contribution in [3.63, 3.8) is 0 Å². The van der Waals surface area contributed by atoms with Crippen molar-refractivity contribution in [2.75, 3.05) is 5.73 Å². The number of hydrogen-bond donors (Lipinski definition) is 2. The van der Waals surface area contributed by atoms with Gasteiger partial charge >= 0.3 is 5.97 Å². The Balaban J connectivity index is 2.04. The maximum Gasteiger partial charge on any atom is 0.335 e. The first-order chi connectivity index (χ1) is 10.6. The fraction of sp³-hybridized carbons (Fsp3) is 0. The monoisotopic (exact) mass is 290 g/mol. The average molecular weight is 290 g/mol. The number of rotatable bonds is 3. The molecule has 3 aromatic rings. The minimum absolute atomic E-state index is 0.260. The number of aromatic nitrogens is 1. The van der Waals surface area contributed by atoms with Crippen LogP contribution in [-0.4, -0.2) is 16.1 Å². The van der Waals surface area contributed by atoms with Crippen molar-refractivity contribution >= 4 is 11.8 Å². The van der Waals surface area contributed by atoms with E-state index in [4.69, 9.17) is 10.8 Å². The Morgan fingerprint density at radius 2 is 1.59 bits per heavy atom. The van der Waals surface area contributed by atoms with Crippen LogP contribution in [0.4, 0.5) is 5.82 Å². The molecule has 0 bridgehead atoms. The number of benzene rings is 2. The van der Waals surface area contributed by atoms with Gasteiger partial charge in [-0.05, 0) is 29.3 Å². The van der Waals surface area contributed by atoms with E-state index in [0.717, 1.165) is 22.3 Å². The van der Waals surface area contributed by atoms with E-state index in [0.29, 0.717) is 5.82 Å². The third kappa shape index (κ3) is 2.67. The van der Waals surface area contributed by atoms with Crippen molar-refractivity contribution in [3.8, 4) is 22.3 Å². The Kier molecular flexibility index (Phi) is 3.58. The molecule has 0 spiro atoms. The first kappa shape index (κ1) is 13.8. The molecule has 108 valence electrons. The molecule has 3 rings (SSSR count). The van der Waals surface area contributed by atoms with E-state index < -0.39 is 5.97 Å². The summed E-state index contributed by atoms with van der Waals surface area (Å²) in [6.07, 6.45) is 1.69. The maximum atomic E-state index is 10.9. The van der Waals surface area contributed by atoms with Gasteiger partial charge in [0.05, 0.1) is 5.56 Å². The normalized spacial score (nSPS) is 10.4. The molecule has 4 heteroatoms. The summed E-state index contributed by atoms with van der Waals surface area (Å²) in [5.74, 6) is -0.468. The minimum atomic E-state index is -0.938. The molecule has 0 aliphatic heterocycles. The molecule has 0 saturated carbocycles. The lowest BCUT2D eigenvalue weighted by Gasteiger charge is -2.08. The number of anilines is 1. The number of carboxylic acids is 1. The highest BCUT2D eigenvalue weighted by atomic mass is 16.4. The standard InChI is InChI=1S/C18H14N2O2/c19-17-16(13-4-2-1-3-5-13)10-15(11-20-17)12-6-8-14(9-7-12)18(21)22/h1-11H,(H2,19,20)(H,21,22). The lowest BCUT2D eigenvalue weighted by Crippen LogP contribution is -1.96. The number of nitrogen functional groups attached to an aromatic ring is 1. The Morgan fingerprint density at radius 3 is 2.23 bits per heavy atom. The molecule has 0 fully saturated rings. The summed E-state index contributed by atoms with van der Waals surface area (Å²) in [4.78, 5) is 15.2. The first-order valence-corrected chi connectivity index (χ1v) is 6.80. The minimum Gasteiger partial charge on any atom is -0.478 e. The van der Waals surface area contributed by atoms with E-state index in [2.05, 4.69) is 4.98 Å². The fourth-order valence-electron chi connectivity index (χ4n) is 2.29. The number of carbonyl (C=O) groups is 1. The molecule has 22 heavy (non-hydrogen) atoms. The van der Waals surface area contributed by atoms with Gasteiger partial charge in [-0.3, -0.25) is 0 Å². The SMILES string of the molecule is Nc1ncc(-c2ccc(C(=O)O)cc2)cc1-c1ccccc1. The van der Waals surface area contributed by atoms with Gasteiger partial charge in [0, 0.05) is 17.3 Å². The highest BCUT2D eigenvalue weighted by Gasteiger charge is 2.08. The van der Waals surface area contributed by atoms with Crippen molar-refractivity contribution in [1.82, 2.24) is 4.98 Å². The number of carboxylic acid groups (broad SMARTS) is 1. The Hall–Kier alpha value is -3.14. The zero-order valence-electron chi connectivity index (χ0n) is 11.7. The van der Waals surface area contributed by atoms with Crippen molar-refractivity contribution in [2.45, 2.75) is 0 Å². The zero-order chi connectivity index (χ0) is 15.5. The molecule has 1 aromatic heterocycles. The smallest absolute Gasteiger partial charge is 0.335 e. The van der Waals surface area contributed by atoms with Gasteiger partial charge in [0.2, 0.25) is 0 Å². The van der Waals surface area contributed by atoms with Crippen LogP contribution < -0.4 is 5.73 Å². The fourth-order valence-corrected chi connectivity index (χ4v) is 2.29. The van der Waals surface area contributed by atoms with E-state index in [1.54, 1.807) is 30.5 Å². The molecule has 3 N–H and O–H groups in total. The van der Waals surface area contributed by atoms with Crippen LogP contribution in [0.2, 0.25) is 0 Å². The molecular formula is C18H14N2O2. The molecule has 0 amide bonds. The van der Waals surface area contributed by atoms with Crippen LogP contribution in [-0.2, 0) is 0 Å². The van der Waals surface area contributed by atoms with Crippen molar-refractivity contribution in [2.24, 2.45) is 0 Å². The van der Waals surface area contributed by atoms with Crippen molar-refractivity contribution < 1.29 is 9.90 Å². The Morgan fingerprint density at radius 1 is 0.909 bits per heavy atom. The van der Waals surface area contributed by atoms with Gasteiger partial charge in [0.1, 0.15) is 5.82 Å². The second-order valence-electron chi connectivity index (χ2n) is 4.91. The van der Waals surface area contributed by atoms with E-state index in [9.17, 15) is 4.79 Å². The quantitative estimate of drug-likeness (QED) is 0.771. The lowest BCUT2D eigenvalue weighted by molar-refractivity contribution is 0.0697. The predicted molar refractivity (Wildman–Crippen MR) is 86.5 cm³/mol. The van der Waals surface area contributed by atoms with Crippen LogP contribution in [0.25, 0.3) is 22.3 Å². The molecule has 0 aliphatic rings. The lowest BCUT2D eigenvalue weighted by atomic mass is 10.0. The average Bonchev–Trinajstić information content (AvgIpc) is 2.56. The number of nitrogens with zero attached hydrogens (tertiary/aromatic N) is 1. The van der Waals surface area contributed by atoms with E-state index in [1.807, 2.05) is 36.4 Å². The molecule has 0 aliphatic carbocycles. The van der Waals surface area contributed by atoms with Gasteiger partial charge in [0.25, 0.3) is 0 Å². The zero-order valence-corrected chi connectivity index (χ0v) is 11.7. The van der Waals surface area contributed by atoms with E-state index in [1.165, 1.54) is 0 Å². The summed E-state index contributed by atoms with van der Waals surface area (Å²) in [5.41, 5.74) is 9.88. The van der Waals surface area contributed by atoms with Gasteiger partial charge < -0.3 is 10.8 Å². The topological polar surface area (TPSA) is 76.2 Å². The number of nitrogens with two attached hydrogens (primary N) is 1. The summed E-state index contributed by atoms with van der Waals surface area (Å²) in [5, 5.41) is 8.95. The molecule has 0 atom stereocenters. The van der Waals surface area contributed by atoms with Gasteiger partial charge in [-0.15, -0.1) is 0 Å². The third-order valence-corrected chi connectivity index (χ3v) is 3.47. The largest absolute Gasteiger partial charge is 0.478 e. The predicted octanol–water partition coefficient (Wildman–Crippen LogP) is 3.70. The van der Waals surface area contributed by atoms with Crippen LogP contribution in [0.5, 0.6) is 0 Å². The number of aromatic carboxylic acids is 1. The number of pyridine rings is 1. The van der Waals surface area contributed by atoms with Crippen LogP contribution in [0, 0.1) is 0 Å². The summed E-state index contributed by atoms with van der Waals surface area (Å²) >= 11 is 0. The summed E-state index contributed by atoms with van der Waals surface area (Å²) < 4.78 is 0. The second-order valence-corrected chi connectivity index (χ2v) is 4.91. The molecule has 1 heterocycles. The van der Waals surface area contributed by atoms with Gasteiger partial charge in [-0.1, -0.05) is 42.5 Å². The molecule has 2 aromatic carbocycles. The van der Waals surface area contributed by atoms with Crippen molar-refractivity contribution in [3.05, 3.63) is 72.4 Å². The highest BCUT2D eigenvalue weighted by Crippen LogP contribution is 2.29. The van der Waals surface area contributed by atoms with Gasteiger partial charge in [0.15, 0.2) is 0 Å². The van der Waals surface area contributed by atoms with E-state index >= 15 is 0 Å². The molecule has 0 unspecified atom stereocenters. The highest BCUT2D eigenvalue weighted by molar-refractivity contribution is 5.88. The maximum absolute atomic E-state index is 10.9. The summed E-state index contributed by atoms with van der Waals surface area (Å²) in [6, 6.07) is 18.5. The van der Waals surface area contributed by atoms with Crippen LogP contribution in [0.3, 0.4) is 0 Å². The molecule has 0 saturated heterocycles. The first-order valence-electron chi connectivity index (χ1n) is 6.80. The van der Waals surface area contributed by atoms with Gasteiger partial charge in [-0.2, -0.15) is 0 Å². The Bertz CT molecular complexity index is 812. The van der Waals surface area contributed by atoms with Crippen LogP contribution >= 0.6 is 0 Å². The second kappa shape index (κ2) is 5.69. The molecule has 0 radical (unpaired) electrons. The van der Waals surface area contributed by atoms with Crippen molar-refractivity contribution in [1.29, 1.82) is 0 Å². The summed E-state index contributed by atoms with van der Waals surface area (Å²) in [7, 11) is 0. The number of hydrogen-bond acceptors (Lipinski definition) is 3. The molecular weight excluding hydrogens is 276 g/mol. The third-order valence-electron chi connectivity index (χ3n) is 3.47. The molecule has 4 nitrogen and oxygen atoms in total. The van der Waals surface area contributed by atoms with Crippen LogP contribution in [0.15, 0.2) is 66.9 Å². The van der Waals surface area contributed by atoms with Gasteiger partial charge in [-0.25, -0.2) is 9.78 Å².